The minimum atomic E-state index is -0.690. The van der Waals surface area contributed by atoms with E-state index < -0.39 is 5.82 Å². The maximum Gasteiger partial charge on any atom is 0.261 e. The molecule has 0 aliphatic carbocycles. The third kappa shape index (κ3) is 3.86. The Labute approximate surface area is 164 Å². The lowest BCUT2D eigenvalue weighted by molar-refractivity contribution is 0.439. The van der Waals surface area contributed by atoms with Crippen LogP contribution in [0.4, 0.5) is 10.2 Å². The van der Waals surface area contributed by atoms with E-state index in [-0.39, 0.29) is 16.3 Å². The van der Waals surface area contributed by atoms with Gasteiger partial charge in [0.15, 0.2) is 17.4 Å². The molecule has 3 aromatic rings. The molecule has 1 N–H and O–H groups in total. The van der Waals surface area contributed by atoms with E-state index in [1.165, 1.54) is 22.8 Å². The van der Waals surface area contributed by atoms with Gasteiger partial charge in [-0.25, -0.2) is 14.4 Å². The number of hydrogen-bond acceptors (Lipinski definition) is 6. The predicted octanol–water partition coefficient (Wildman–Crippen LogP) is 4.69. The normalized spacial score (nSPS) is 11.0. The fourth-order valence-corrected chi connectivity index (χ4v) is 3.37. The van der Waals surface area contributed by atoms with E-state index in [1.807, 2.05) is 6.92 Å². The van der Waals surface area contributed by atoms with Crippen molar-refractivity contribution in [2.24, 2.45) is 7.05 Å². The molecular formula is C18H18ClFN4O2S. The number of nitrogens with zero attached hydrogens (tertiary/aromatic N) is 3. The summed E-state index contributed by atoms with van der Waals surface area (Å²) in [6.07, 6.45) is 3.47. The number of fused-ring (bicyclic) bond motifs is 1. The molecule has 0 spiro atoms. The first-order valence-corrected chi connectivity index (χ1v) is 9.65. The van der Waals surface area contributed by atoms with Crippen LogP contribution in [0.15, 0.2) is 29.5 Å². The first kappa shape index (κ1) is 19.4. The maximum atomic E-state index is 14.3. The fraction of sp³-hybridized carbons (Fsp3) is 0.278. The Morgan fingerprint density at radius 1 is 1.37 bits per heavy atom. The van der Waals surface area contributed by atoms with Crippen LogP contribution in [-0.4, -0.2) is 20.3 Å². The molecule has 0 atom stereocenters. The summed E-state index contributed by atoms with van der Waals surface area (Å²) in [5.74, 6) is 0.666. The van der Waals surface area contributed by atoms with E-state index in [9.17, 15) is 9.18 Å². The molecule has 2 aromatic heterocycles. The van der Waals surface area contributed by atoms with Gasteiger partial charge in [-0.15, -0.1) is 0 Å². The monoisotopic (exact) mass is 408 g/mol. The van der Waals surface area contributed by atoms with Crippen molar-refractivity contribution in [2.45, 2.75) is 20.3 Å². The van der Waals surface area contributed by atoms with Crippen LogP contribution in [0.1, 0.15) is 18.9 Å². The Bertz CT molecular complexity index is 1060. The molecule has 0 aliphatic heterocycles. The summed E-state index contributed by atoms with van der Waals surface area (Å²) in [4.78, 5) is 20.6. The van der Waals surface area contributed by atoms with Crippen LogP contribution in [0, 0.1) is 12.7 Å². The summed E-state index contributed by atoms with van der Waals surface area (Å²) >= 11 is 7.71. The first-order valence-electron chi connectivity index (χ1n) is 8.28. The Morgan fingerprint density at radius 3 is 2.89 bits per heavy atom. The zero-order valence-corrected chi connectivity index (χ0v) is 16.6. The van der Waals surface area contributed by atoms with Crippen molar-refractivity contribution in [3.8, 4) is 11.5 Å². The van der Waals surface area contributed by atoms with E-state index in [0.29, 0.717) is 28.0 Å². The minimum absolute atomic E-state index is 0.0391. The lowest BCUT2D eigenvalue weighted by atomic mass is 10.1. The van der Waals surface area contributed by atoms with Crippen LogP contribution in [0.25, 0.3) is 10.9 Å². The number of pyridine rings is 1. The number of rotatable bonds is 6. The summed E-state index contributed by atoms with van der Waals surface area (Å²) < 4.78 is 24.4. The summed E-state index contributed by atoms with van der Waals surface area (Å²) in [5, 5.41) is 0.456. The van der Waals surface area contributed by atoms with Gasteiger partial charge in [0.1, 0.15) is 10.8 Å². The second-order valence-corrected chi connectivity index (χ2v) is 7.17. The van der Waals surface area contributed by atoms with E-state index in [0.717, 1.165) is 18.4 Å². The lowest BCUT2D eigenvalue weighted by Gasteiger charge is -2.14. The molecule has 0 saturated carbocycles. The zero-order valence-electron chi connectivity index (χ0n) is 15.0. The van der Waals surface area contributed by atoms with Gasteiger partial charge in [0.2, 0.25) is 0 Å². The van der Waals surface area contributed by atoms with Crippen molar-refractivity contribution >= 4 is 40.3 Å². The van der Waals surface area contributed by atoms with Crippen LogP contribution < -0.4 is 15.0 Å². The Kier molecular flexibility index (Phi) is 5.86. The Hall–Kier alpha value is -2.32. The number of halogens is 2. The highest BCUT2D eigenvalue weighted by molar-refractivity contribution is 8.00. The van der Waals surface area contributed by atoms with Crippen LogP contribution in [0.3, 0.4) is 0 Å². The molecule has 0 fully saturated rings. The predicted molar refractivity (Wildman–Crippen MR) is 107 cm³/mol. The van der Waals surface area contributed by atoms with Crippen molar-refractivity contribution in [3.05, 3.63) is 51.4 Å². The molecule has 1 aromatic carbocycles. The average molecular weight is 409 g/mol. The van der Waals surface area contributed by atoms with E-state index in [1.54, 1.807) is 26.1 Å². The molecule has 0 saturated heterocycles. The topological polar surface area (TPSA) is 69.0 Å². The highest BCUT2D eigenvalue weighted by atomic mass is 35.5. The number of benzene rings is 1. The highest BCUT2D eigenvalue weighted by Crippen LogP contribution is 2.38. The fourth-order valence-electron chi connectivity index (χ4n) is 2.49. The largest absolute Gasteiger partial charge is 0.452 e. The standard InChI is InChI=1S/C18H18ClFN4O2S/c1-4-7-27-23-17-15(19)16(11(20)8-21-17)26-13-6-5-12-14(10(13)2)18(25)24(3)9-22-12/h5-6,8-9H,4,7H2,1-3H3,(H,21,23). The summed E-state index contributed by atoms with van der Waals surface area (Å²) in [7, 11) is 1.62. The number of aryl methyl sites for hydroxylation is 2. The molecule has 2 heterocycles. The van der Waals surface area contributed by atoms with Gasteiger partial charge in [-0.3, -0.25) is 4.79 Å². The Morgan fingerprint density at radius 2 is 2.15 bits per heavy atom. The van der Waals surface area contributed by atoms with Crippen molar-refractivity contribution in [3.63, 3.8) is 0 Å². The minimum Gasteiger partial charge on any atom is -0.452 e. The zero-order chi connectivity index (χ0) is 19.6. The summed E-state index contributed by atoms with van der Waals surface area (Å²) in [5.41, 5.74) is 0.897. The van der Waals surface area contributed by atoms with Gasteiger partial charge in [0.05, 0.1) is 23.4 Å². The van der Waals surface area contributed by atoms with Gasteiger partial charge >= 0.3 is 0 Å². The first-order chi connectivity index (χ1) is 12.9. The SMILES string of the molecule is CCCSNc1ncc(F)c(Oc2ccc3ncn(C)c(=O)c3c2C)c1Cl. The van der Waals surface area contributed by atoms with E-state index in [2.05, 4.69) is 14.7 Å². The summed E-state index contributed by atoms with van der Waals surface area (Å²) in [6, 6.07) is 3.29. The third-order valence-electron chi connectivity index (χ3n) is 3.92. The van der Waals surface area contributed by atoms with Crippen molar-refractivity contribution < 1.29 is 9.13 Å². The second-order valence-electron chi connectivity index (χ2n) is 5.89. The molecule has 6 nitrogen and oxygen atoms in total. The maximum absolute atomic E-state index is 14.3. The molecule has 142 valence electrons. The van der Waals surface area contributed by atoms with E-state index in [4.69, 9.17) is 16.3 Å². The lowest BCUT2D eigenvalue weighted by Crippen LogP contribution is -2.18. The number of anilines is 1. The Balaban J connectivity index is 2.02. The molecule has 0 bridgehead atoms. The van der Waals surface area contributed by atoms with Crippen LogP contribution in [-0.2, 0) is 7.05 Å². The molecule has 0 amide bonds. The number of ether oxygens (including phenoxy) is 1. The number of hydrogen-bond donors (Lipinski definition) is 1. The molecule has 9 heteroatoms. The number of aromatic nitrogens is 3. The molecule has 0 unspecified atom stereocenters. The van der Waals surface area contributed by atoms with Gasteiger partial charge in [0, 0.05) is 18.4 Å². The van der Waals surface area contributed by atoms with Gasteiger partial charge in [-0.05, 0) is 25.5 Å². The second kappa shape index (κ2) is 8.14. The average Bonchev–Trinajstić information content (AvgIpc) is 2.65. The number of nitrogens with one attached hydrogen (secondary N) is 1. The van der Waals surface area contributed by atoms with Gasteiger partial charge in [-0.2, -0.15) is 0 Å². The van der Waals surface area contributed by atoms with Crippen molar-refractivity contribution in [1.82, 2.24) is 14.5 Å². The van der Waals surface area contributed by atoms with Crippen molar-refractivity contribution in [2.75, 3.05) is 10.5 Å². The quantitative estimate of drug-likeness (QED) is 0.471. The van der Waals surface area contributed by atoms with Gasteiger partial charge in [-0.1, -0.05) is 30.5 Å². The van der Waals surface area contributed by atoms with Crippen LogP contribution in [0.2, 0.25) is 5.02 Å². The highest BCUT2D eigenvalue weighted by Gasteiger charge is 2.18. The van der Waals surface area contributed by atoms with Gasteiger partial charge in [0.25, 0.3) is 5.56 Å². The van der Waals surface area contributed by atoms with E-state index >= 15 is 0 Å². The molecule has 0 radical (unpaired) electrons. The molecule has 27 heavy (non-hydrogen) atoms. The summed E-state index contributed by atoms with van der Waals surface area (Å²) in [6.45, 7) is 3.77. The molecule has 0 aliphatic rings. The van der Waals surface area contributed by atoms with Crippen LogP contribution in [0.5, 0.6) is 11.5 Å². The van der Waals surface area contributed by atoms with Gasteiger partial charge < -0.3 is 14.0 Å². The third-order valence-corrected chi connectivity index (χ3v) is 5.22. The smallest absolute Gasteiger partial charge is 0.261 e. The molecule has 3 rings (SSSR count). The van der Waals surface area contributed by atoms with Crippen LogP contribution >= 0.6 is 23.5 Å². The molecular weight excluding hydrogens is 391 g/mol. The van der Waals surface area contributed by atoms with Crippen molar-refractivity contribution in [1.29, 1.82) is 0 Å².